The van der Waals surface area contributed by atoms with Crippen LogP contribution in [-0.2, 0) is 7.05 Å². The van der Waals surface area contributed by atoms with Crippen molar-refractivity contribution in [3.05, 3.63) is 35.7 Å². The van der Waals surface area contributed by atoms with Gasteiger partial charge in [-0.25, -0.2) is 14.8 Å². The largest absolute Gasteiger partial charge is 0.478 e. The van der Waals surface area contributed by atoms with E-state index in [-0.39, 0.29) is 5.56 Å². The van der Waals surface area contributed by atoms with E-state index in [4.69, 9.17) is 0 Å². The first-order valence-electron chi connectivity index (χ1n) is 6.06. The molecular weight excluding hydrogens is 258 g/mol. The van der Waals surface area contributed by atoms with Crippen LogP contribution < -0.4 is 0 Å². The number of imidazole rings is 1. The molecule has 3 rings (SSSR count). The molecule has 0 saturated carbocycles. The molecule has 0 amide bonds. The van der Waals surface area contributed by atoms with Crippen LogP contribution >= 0.6 is 0 Å². The Balaban J connectivity index is 2.51. The van der Waals surface area contributed by atoms with Crippen LogP contribution in [0.25, 0.3) is 16.7 Å². The lowest BCUT2D eigenvalue weighted by molar-refractivity contribution is 0.0696. The third-order valence-electron chi connectivity index (χ3n) is 3.30. The molecule has 3 heterocycles. The molecule has 0 aromatic carbocycles. The van der Waals surface area contributed by atoms with Gasteiger partial charge in [-0.1, -0.05) is 0 Å². The minimum atomic E-state index is -1.02. The highest BCUT2D eigenvalue weighted by Crippen LogP contribution is 2.27. The second-order valence-electron chi connectivity index (χ2n) is 4.58. The third kappa shape index (κ3) is 1.59. The standard InChI is InChI=1S/C13H13N5O2/c1-7-10-11(18-5-4-14-8(18)2)9(13(19)20)6-15-12(10)17(3)16-7/h4-6H,1-3H3,(H,19,20). The lowest BCUT2D eigenvalue weighted by Gasteiger charge is -2.10. The van der Waals surface area contributed by atoms with Crippen LogP contribution in [0.5, 0.6) is 0 Å². The number of carbonyl (C=O) groups is 1. The van der Waals surface area contributed by atoms with Crippen molar-refractivity contribution < 1.29 is 9.90 Å². The number of rotatable bonds is 2. The summed E-state index contributed by atoms with van der Waals surface area (Å²) >= 11 is 0. The van der Waals surface area contributed by atoms with Crippen LogP contribution in [0.2, 0.25) is 0 Å². The second kappa shape index (κ2) is 4.16. The Hall–Kier alpha value is -2.70. The molecule has 0 bridgehead atoms. The summed E-state index contributed by atoms with van der Waals surface area (Å²) in [6, 6.07) is 0. The van der Waals surface area contributed by atoms with E-state index in [0.29, 0.717) is 17.2 Å². The molecule has 0 aliphatic carbocycles. The summed E-state index contributed by atoms with van der Waals surface area (Å²) in [4.78, 5) is 19.9. The topological polar surface area (TPSA) is 85.8 Å². The highest BCUT2D eigenvalue weighted by Gasteiger charge is 2.21. The van der Waals surface area contributed by atoms with Crippen molar-refractivity contribution in [2.45, 2.75) is 13.8 Å². The van der Waals surface area contributed by atoms with Crippen LogP contribution in [0.3, 0.4) is 0 Å². The SMILES string of the molecule is Cc1nn(C)c2ncc(C(=O)O)c(-n3ccnc3C)c12. The maximum absolute atomic E-state index is 11.5. The van der Waals surface area contributed by atoms with Crippen LogP contribution in [0, 0.1) is 13.8 Å². The van der Waals surface area contributed by atoms with Gasteiger partial charge in [-0.05, 0) is 13.8 Å². The van der Waals surface area contributed by atoms with Crippen LogP contribution in [0.4, 0.5) is 0 Å². The van der Waals surface area contributed by atoms with Gasteiger partial charge in [0.1, 0.15) is 11.4 Å². The molecule has 0 unspecified atom stereocenters. The molecule has 0 aliphatic heterocycles. The zero-order chi connectivity index (χ0) is 14.4. The van der Waals surface area contributed by atoms with Gasteiger partial charge in [-0.3, -0.25) is 4.68 Å². The summed E-state index contributed by atoms with van der Waals surface area (Å²) in [5.41, 5.74) is 2.08. The van der Waals surface area contributed by atoms with Crippen molar-refractivity contribution in [2.24, 2.45) is 7.05 Å². The highest BCUT2D eigenvalue weighted by atomic mass is 16.4. The van der Waals surface area contributed by atoms with Crippen molar-refractivity contribution in [3.63, 3.8) is 0 Å². The van der Waals surface area contributed by atoms with Gasteiger partial charge in [-0.2, -0.15) is 5.10 Å². The summed E-state index contributed by atoms with van der Waals surface area (Å²) < 4.78 is 3.40. The number of nitrogens with zero attached hydrogens (tertiary/aromatic N) is 5. The monoisotopic (exact) mass is 271 g/mol. The van der Waals surface area contributed by atoms with Gasteiger partial charge in [0, 0.05) is 25.6 Å². The lowest BCUT2D eigenvalue weighted by atomic mass is 10.1. The smallest absolute Gasteiger partial charge is 0.339 e. The number of carboxylic acid groups (broad SMARTS) is 1. The summed E-state index contributed by atoms with van der Waals surface area (Å²) in [5.74, 6) is -0.311. The summed E-state index contributed by atoms with van der Waals surface area (Å²) in [6.07, 6.45) is 4.74. The van der Waals surface area contributed by atoms with Gasteiger partial charge in [0.25, 0.3) is 0 Å². The van der Waals surface area contributed by atoms with Crippen LogP contribution in [0.15, 0.2) is 18.6 Å². The summed E-state index contributed by atoms with van der Waals surface area (Å²) in [5, 5.41) is 14.5. The Morgan fingerprint density at radius 3 is 2.65 bits per heavy atom. The predicted octanol–water partition coefficient (Wildman–Crippen LogP) is 1.47. The maximum atomic E-state index is 11.5. The number of aromatic nitrogens is 5. The average molecular weight is 271 g/mol. The Bertz CT molecular complexity index is 831. The molecule has 0 saturated heterocycles. The fourth-order valence-corrected chi connectivity index (χ4v) is 2.41. The molecule has 3 aromatic rings. The van der Waals surface area contributed by atoms with Gasteiger partial charge >= 0.3 is 5.97 Å². The van der Waals surface area contributed by atoms with Gasteiger partial charge in [0.05, 0.1) is 16.8 Å². The van der Waals surface area contributed by atoms with E-state index in [1.165, 1.54) is 6.20 Å². The third-order valence-corrected chi connectivity index (χ3v) is 3.30. The zero-order valence-electron chi connectivity index (χ0n) is 11.3. The summed E-state index contributed by atoms with van der Waals surface area (Å²) in [7, 11) is 1.79. The van der Waals surface area contributed by atoms with Gasteiger partial charge in [0.2, 0.25) is 0 Å². The van der Waals surface area contributed by atoms with Crippen molar-refractivity contribution in [1.82, 2.24) is 24.3 Å². The molecule has 20 heavy (non-hydrogen) atoms. The number of fused-ring (bicyclic) bond motifs is 1. The van der Waals surface area contributed by atoms with E-state index in [1.54, 1.807) is 28.7 Å². The van der Waals surface area contributed by atoms with E-state index >= 15 is 0 Å². The zero-order valence-corrected chi connectivity index (χ0v) is 11.3. The minimum Gasteiger partial charge on any atom is -0.478 e. The number of pyridine rings is 1. The van der Waals surface area contributed by atoms with Gasteiger partial charge in [0.15, 0.2) is 5.65 Å². The first-order chi connectivity index (χ1) is 9.50. The van der Waals surface area contributed by atoms with Crippen LogP contribution in [0.1, 0.15) is 21.9 Å². The quantitative estimate of drug-likeness (QED) is 0.762. The van der Waals surface area contributed by atoms with Gasteiger partial charge in [-0.15, -0.1) is 0 Å². The van der Waals surface area contributed by atoms with Crippen molar-refractivity contribution >= 4 is 17.0 Å². The average Bonchev–Trinajstić information content (AvgIpc) is 2.93. The Morgan fingerprint density at radius 2 is 2.05 bits per heavy atom. The fourth-order valence-electron chi connectivity index (χ4n) is 2.41. The fraction of sp³-hybridized carbons (Fsp3) is 0.231. The van der Waals surface area contributed by atoms with E-state index in [0.717, 1.165) is 11.1 Å². The van der Waals surface area contributed by atoms with E-state index in [1.807, 2.05) is 13.8 Å². The van der Waals surface area contributed by atoms with E-state index < -0.39 is 5.97 Å². The Kier molecular flexibility index (Phi) is 2.56. The highest BCUT2D eigenvalue weighted by molar-refractivity contribution is 6.00. The molecule has 1 N–H and O–H groups in total. The molecule has 0 radical (unpaired) electrons. The van der Waals surface area contributed by atoms with Crippen molar-refractivity contribution in [2.75, 3.05) is 0 Å². The number of hydrogen-bond donors (Lipinski definition) is 1. The minimum absolute atomic E-state index is 0.134. The van der Waals surface area contributed by atoms with Crippen LogP contribution in [-0.4, -0.2) is 35.4 Å². The van der Waals surface area contributed by atoms with E-state index in [9.17, 15) is 9.90 Å². The normalized spacial score (nSPS) is 11.2. The Morgan fingerprint density at radius 1 is 1.30 bits per heavy atom. The predicted molar refractivity (Wildman–Crippen MR) is 72.1 cm³/mol. The first kappa shape index (κ1) is 12.3. The number of hydrogen-bond acceptors (Lipinski definition) is 4. The van der Waals surface area contributed by atoms with E-state index in [2.05, 4.69) is 15.1 Å². The molecule has 0 spiro atoms. The van der Waals surface area contributed by atoms with Gasteiger partial charge < -0.3 is 9.67 Å². The molecule has 0 fully saturated rings. The second-order valence-corrected chi connectivity index (χ2v) is 4.58. The molecular formula is C13H13N5O2. The number of aromatic carboxylic acids is 1. The molecule has 0 aliphatic rings. The number of carboxylic acids is 1. The first-order valence-corrected chi connectivity index (χ1v) is 6.06. The lowest BCUT2D eigenvalue weighted by Crippen LogP contribution is -2.08. The van der Waals surface area contributed by atoms with Crippen molar-refractivity contribution in [1.29, 1.82) is 0 Å². The molecule has 102 valence electrons. The maximum Gasteiger partial charge on any atom is 0.339 e. The summed E-state index contributed by atoms with van der Waals surface area (Å²) in [6.45, 7) is 3.66. The Labute approximate surface area is 114 Å². The number of aryl methyl sites for hydroxylation is 3. The molecule has 3 aromatic heterocycles. The molecule has 0 atom stereocenters. The van der Waals surface area contributed by atoms with Crippen molar-refractivity contribution in [3.8, 4) is 5.69 Å². The molecule has 7 nitrogen and oxygen atoms in total. The molecule has 7 heteroatoms.